The molecule has 1 aliphatic rings. The van der Waals surface area contributed by atoms with E-state index >= 15 is 0 Å². The van der Waals surface area contributed by atoms with Crippen LogP contribution in [0.25, 0.3) is 0 Å². The number of rotatable bonds is 3. The van der Waals surface area contributed by atoms with Gasteiger partial charge in [-0.1, -0.05) is 0 Å². The minimum absolute atomic E-state index is 0.194. The molecule has 1 fully saturated rings. The summed E-state index contributed by atoms with van der Waals surface area (Å²) in [5.41, 5.74) is 0.782. The second-order valence-corrected chi connectivity index (χ2v) is 4.22. The van der Waals surface area contributed by atoms with Gasteiger partial charge in [-0.2, -0.15) is 0 Å². The van der Waals surface area contributed by atoms with Crippen molar-refractivity contribution >= 4 is 17.9 Å². The van der Waals surface area contributed by atoms with Crippen molar-refractivity contribution in [3.63, 3.8) is 0 Å². The lowest BCUT2D eigenvalue weighted by Gasteiger charge is -2.36. The number of carbonyl (C=O) groups is 2. The van der Waals surface area contributed by atoms with Gasteiger partial charge in [0.05, 0.1) is 13.2 Å². The summed E-state index contributed by atoms with van der Waals surface area (Å²) in [7, 11) is 1.54. The monoisotopic (exact) mass is 266 g/mol. The number of anilines is 1. The molecule has 1 aromatic rings. The van der Waals surface area contributed by atoms with Gasteiger partial charge in [0.1, 0.15) is 11.9 Å². The van der Waals surface area contributed by atoms with E-state index in [4.69, 9.17) is 4.74 Å². The number of halogens is 1. The van der Waals surface area contributed by atoms with Crippen molar-refractivity contribution in [2.45, 2.75) is 6.04 Å². The number of morpholine rings is 1. The first-order chi connectivity index (χ1) is 9.17. The van der Waals surface area contributed by atoms with Gasteiger partial charge >= 0.3 is 0 Å². The molecule has 5 nitrogen and oxygen atoms in total. The van der Waals surface area contributed by atoms with Crippen LogP contribution >= 0.6 is 0 Å². The highest BCUT2D eigenvalue weighted by Crippen LogP contribution is 2.24. The lowest BCUT2D eigenvalue weighted by atomic mass is 10.1. The van der Waals surface area contributed by atoms with Crippen molar-refractivity contribution < 1.29 is 18.7 Å². The first-order valence-corrected chi connectivity index (χ1v) is 5.98. The van der Waals surface area contributed by atoms with Gasteiger partial charge in [0.15, 0.2) is 6.29 Å². The van der Waals surface area contributed by atoms with Crippen molar-refractivity contribution in [3.05, 3.63) is 29.6 Å². The van der Waals surface area contributed by atoms with E-state index in [2.05, 4.69) is 5.32 Å². The zero-order chi connectivity index (χ0) is 13.8. The fourth-order valence-electron chi connectivity index (χ4n) is 2.16. The minimum atomic E-state index is -0.511. The van der Waals surface area contributed by atoms with E-state index in [9.17, 15) is 14.0 Å². The fourth-order valence-corrected chi connectivity index (χ4v) is 2.16. The molecule has 1 atom stereocenters. The third kappa shape index (κ3) is 2.73. The molecule has 0 aliphatic carbocycles. The summed E-state index contributed by atoms with van der Waals surface area (Å²) in [5, 5.41) is 2.56. The number of carbonyl (C=O) groups excluding carboxylic acids is 2. The Hall–Kier alpha value is -1.95. The molecule has 6 heteroatoms. The van der Waals surface area contributed by atoms with Gasteiger partial charge in [0, 0.05) is 24.8 Å². The predicted octanol–water partition coefficient (Wildman–Crippen LogP) is 0.589. The standard InChI is InChI=1S/C13H15FN2O3/c1-15-13(18)12-8-19-5-4-16(12)11-3-2-10(14)6-9(11)7-17/h2-3,6-7,12H,4-5,8H2,1H3,(H,15,18). The molecular formula is C13H15FN2O3. The molecule has 0 bridgehead atoms. The van der Waals surface area contributed by atoms with Crippen LogP contribution in [0.4, 0.5) is 10.1 Å². The number of benzene rings is 1. The van der Waals surface area contributed by atoms with Gasteiger partial charge < -0.3 is 15.0 Å². The summed E-state index contributed by atoms with van der Waals surface area (Å²) < 4.78 is 18.4. The molecule has 1 aromatic carbocycles. The van der Waals surface area contributed by atoms with Gasteiger partial charge in [-0.3, -0.25) is 9.59 Å². The van der Waals surface area contributed by atoms with Crippen LogP contribution in [0.1, 0.15) is 10.4 Å². The highest BCUT2D eigenvalue weighted by molar-refractivity contribution is 5.90. The number of hydrogen-bond acceptors (Lipinski definition) is 4. The van der Waals surface area contributed by atoms with E-state index in [0.717, 1.165) is 0 Å². The molecule has 0 saturated carbocycles. The zero-order valence-electron chi connectivity index (χ0n) is 10.6. The minimum Gasteiger partial charge on any atom is -0.377 e. The van der Waals surface area contributed by atoms with Crippen LogP contribution in [0.3, 0.4) is 0 Å². The maximum Gasteiger partial charge on any atom is 0.244 e. The molecule has 1 N–H and O–H groups in total. The topological polar surface area (TPSA) is 58.6 Å². The van der Waals surface area contributed by atoms with E-state index in [1.165, 1.54) is 18.2 Å². The quantitative estimate of drug-likeness (QED) is 0.813. The third-order valence-electron chi connectivity index (χ3n) is 3.10. The molecule has 1 heterocycles. The second kappa shape index (κ2) is 5.79. The zero-order valence-corrected chi connectivity index (χ0v) is 10.6. The largest absolute Gasteiger partial charge is 0.377 e. The van der Waals surface area contributed by atoms with Gasteiger partial charge in [0.2, 0.25) is 5.91 Å². The Labute approximate surface area is 110 Å². The van der Waals surface area contributed by atoms with E-state index in [1.54, 1.807) is 11.9 Å². The van der Waals surface area contributed by atoms with Gasteiger partial charge in [-0.15, -0.1) is 0 Å². The van der Waals surface area contributed by atoms with E-state index in [0.29, 0.717) is 25.1 Å². The fraction of sp³-hybridized carbons (Fsp3) is 0.385. The third-order valence-corrected chi connectivity index (χ3v) is 3.10. The number of likely N-dealkylation sites (N-methyl/N-ethyl adjacent to an activating group) is 1. The van der Waals surface area contributed by atoms with Crippen LogP contribution in [0.15, 0.2) is 18.2 Å². The van der Waals surface area contributed by atoms with E-state index in [1.807, 2.05) is 0 Å². The molecule has 1 saturated heterocycles. The van der Waals surface area contributed by atoms with Crippen LogP contribution in [0.2, 0.25) is 0 Å². The molecule has 0 aromatic heterocycles. The molecule has 1 amide bonds. The van der Waals surface area contributed by atoms with Crippen molar-refractivity contribution in [3.8, 4) is 0 Å². The number of aldehydes is 1. The Morgan fingerprint density at radius 2 is 2.37 bits per heavy atom. The molecular weight excluding hydrogens is 251 g/mol. The summed E-state index contributed by atoms with van der Waals surface area (Å²) in [6.45, 7) is 1.18. The summed E-state index contributed by atoms with van der Waals surface area (Å²) in [6, 6.07) is 3.44. The normalized spacial score (nSPS) is 19.1. The van der Waals surface area contributed by atoms with Crippen LogP contribution in [-0.4, -0.2) is 45.0 Å². The summed E-state index contributed by atoms with van der Waals surface area (Å²) in [4.78, 5) is 24.6. The van der Waals surface area contributed by atoms with Crippen molar-refractivity contribution in [1.29, 1.82) is 0 Å². The Kier molecular flexibility index (Phi) is 4.11. The molecule has 1 unspecified atom stereocenters. The lowest BCUT2D eigenvalue weighted by Crippen LogP contribution is -2.53. The Balaban J connectivity index is 2.37. The molecule has 102 valence electrons. The number of nitrogens with zero attached hydrogens (tertiary/aromatic N) is 1. The molecule has 0 radical (unpaired) electrons. The summed E-state index contributed by atoms with van der Waals surface area (Å²) in [6.07, 6.45) is 0.592. The maximum atomic E-state index is 13.1. The van der Waals surface area contributed by atoms with Crippen LogP contribution in [0, 0.1) is 5.82 Å². The van der Waals surface area contributed by atoms with Gasteiger partial charge in [0.25, 0.3) is 0 Å². The van der Waals surface area contributed by atoms with E-state index < -0.39 is 11.9 Å². The number of amides is 1. The summed E-state index contributed by atoms with van der Waals surface area (Å²) in [5.74, 6) is -0.670. The number of ether oxygens (including phenoxy) is 1. The number of hydrogen-bond donors (Lipinski definition) is 1. The Bertz CT molecular complexity index is 493. The first kappa shape index (κ1) is 13.5. The average Bonchev–Trinajstić information content (AvgIpc) is 2.46. The Morgan fingerprint density at radius 1 is 1.58 bits per heavy atom. The van der Waals surface area contributed by atoms with Crippen molar-refractivity contribution in [1.82, 2.24) is 5.32 Å². The van der Waals surface area contributed by atoms with Crippen LogP contribution < -0.4 is 10.2 Å². The predicted molar refractivity (Wildman–Crippen MR) is 67.8 cm³/mol. The molecule has 0 spiro atoms. The molecule has 2 rings (SSSR count). The van der Waals surface area contributed by atoms with Crippen molar-refractivity contribution in [2.75, 3.05) is 31.7 Å². The highest BCUT2D eigenvalue weighted by Gasteiger charge is 2.30. The Morgan fingerprint density at radius 3 is 3.05 bits per heavy atom. The number of nitrogens with one attached hydrogen (secondary N) is 1. The SMILES string of the molecule is CNC(=O)C1COCCN1c1ccc(F)cc1C=O. The lowest BCUT2D eigenvalue weighted by molar-refractivity contribution is -0.124. The second-order valence-electron chi connectivity index (χ2n) is 4.22. The van der Waals surface area contributed by atoms with Gasteiger partial charge in [-0.05, 0) is 18.2 Å². The maximum absolute atomic E-state index is 13.1. The first-order valence-electron chi connectivity index (χ1n) is 5.98. The van der Waals surface area contributed by atoms with Crippen LogP contribution in [0.5, 0.6) is 0 Å². The smallest absolute Gasteiger partial charge is 0.244 e. The van der Waals surface area contributed by atoms with Gasteiger partial charge in [-0.25, -0.2) is 4.39 Å². The van der Waals surface area contributed by atoms with Crippen LogP contribution in [-0.2, 0) is 9.53 Å². The molecule has 19 heavy (non-hydrogen) atoms. The summed E-state index contributed by atoms with van der Waals surface area (Å²) >= 11 is 0. The average molecular weight is 266 g/mol. The highest BCUT2D eigenvalue weighted by atomic mass is 19.1. The molecule has 1 aliphatic heterocycles. The van der Waals surface area contributed by atoms with Crippen molar-refractivity contribution in [2.24, 2.45) is 0 Å². The van der Waals surface area contributed by atoms with E-state index in [-0.39, 0.29) is 18.1 Å².